The maximum absolute atomic E-state index is 9.94. The van der Waals surface area contributed by atoms with Gasteiger partial charge in [-0.1, -0.05) is 23.7 Å². The molecule has 2 fully saturated rings. The molecular weight excluding hydrogens is 388 g/mol. The van der Waals surface area contributed by atoms with E-state index in [-0.39, 0.29) is 6.61 Å². The van der Waals surface area contributed by atoms with Crippen LogP contribution in [0.5, 0.6) is 11.5 Å². The smallest absolute Gasteiger partial charge is 0.139 e. The molecule has 0 bridgehead atoms. The van der Waals surface area contributed by atoms with Crippen molar-refractivity contribution in [3.05, 3.63) is 53.1 Å². The summed E-state index contributed by atoms with van der Waals surface area (Å²) < 4.78 is 10.8. The number of aliphatic hydroxyl groups excluding tert-OH is 1. The molecule has 2 saturated heterocycles. The van der Waals surface area contributed by atoms with Gasteiger partial charge in [-0.25, -0.2) is 0 Å². The van der Waals surface area contributed by atoms with Crippen LogP contribution in [0.25, 0.3) is 0 Å². The second-order valence-electron chi connectivity index (χ2n) is 7.97. The highest BCUT2D eigenvalue weighted by Gasteiger charge is 2.39. The first-order chi connectivity index (χ1) is 14.1. The molecule has 0 spiro atoms. The molecule has 2 aromatic carbocycles. The van der Waals surface area contributed by atoms with Gasteiger partial charge < -0.3 is 19.5 Å². The van der Waals surface area contributed by atoms with Crippen LogP contribution in [-0.2, 0) is 0 Å². The van der Waals surface area contributed by atoms with Crippen molar-refractivity contribution in [3.63, 3.8) is 0 Å². The molecule has 3 atom stereocenters. The number of aliphatic hydroxyl groups is 1. The van der Waals surface area contributed by atoms with Gasteiger partial charge in [0.15, 0.2) is 0 Å². The summed E-state index contributed by atoms with van der Waals surface area (Å²) in [4.78, 5) is 5.02. The van der Waals surface area contributed by atoms with Gasteiger partial charge in [0.2, 0.25) is 0 Å². The van der Waals surface area contributed by atoms with Gasteiger partial charge in [-0.2, -0.15) is 0 Å². The van der Waals surface area contributed by atoms with E-state index in [2.05, 4.69) is 34.1 Å². The quantitative estimate of drug-likeness (QED) is 0.798. The van der Waals surface area contributed by atoms with E-state index in [1.807, 2.05) is 18.2 Å². The molecule has 0 saturated carbocycles. The Kier molecular flexibility index (Phi) is 6.18. The molecule has 0 aromatic heterocycles. The van der Waals surface area contributed by atoms with Gasteiger partial charge >= 0.3 is 0 Å². The Morgan fingerprint density at radius 2 is 1.93 bits per heavy atom. The summed E-state index contributed by atoms with van der Waals surface area (Å²) in [5, 5.41) is 10.6. The lowest BCUT2D eigenvalue weighted by Gasteiger charge is -2.51. The third-order valence-corrected chi connectivity index (χ3v) is 6.64. The Hall–Kier alpha value is -1.95. The minimum absolute atomic E-state index is 0.236. The van der Waals surface area contributed by atoms with Gasteiger partial charge in [0.1, 0.15) is 11.5 Å². The van der Waals surface area contributed by atoms with E-state index in [1.54, 1.807) is 14.2 Å². The molecule has 2 aliphatic rings. The molecule has 0 amide bonds. The van der Waals surface area contributed by atoms with E-state index in [0.717, 1.165) is 43.9 Å². The number of benzene rings is 2. The van der Waals surface area contributed by atoms with Crippen molar-refractivity contribution in [2.75, 3.05) is 45.4 Å². The summed E-state index contributed by atoms with van der Waals surface area (Å²) in [6, 6.07) is 15.0. The summed E-state index contributed by atoms with van der Waals surface area (Å²) in [6.45, 7) is 3.10. The largest absolute Gasteiger partial charge is 0.497 e. The number of rotatable bonds is 5. The Bertz CT molecular complexity index is 847. The van der Waals surface area contributed by atoms with Crippen LogP contribution in [0.15, 0.2) is 42.5 Å². The number of anilines is 1. The molecule has 5 nitrogen and oxygen atoms in total. The Morgan fingerprint density at radius 3 is 2.69 bits per heavy atom. The lowest BCUT2D eigenvalue weighted by Crippen LogP contribution is -2.57. The van der Waals surface area contributed by atoms with Crippen LogP contribution >= 0.6 is 11.6 Å². The second kappa shape index (κ2) is 8.82. The highest BCUT2D eigenvalue weighted by molar-refractivity contribution is 6.32. The molecule has 1 N–H and O–H groups in total. The average molecular weight is 417 g/mol. The van der Waals surface area contributed by atoms with Crippen LogP contribution in [0, 0.1) is 5.92 Å². The third kappa shape index (κ3) is 4.18. The maximum atomic E-state index is 9.94. The zero-order valence-electron chi connectivity index (χ0n) is 17.1. The summed E-state index contributed by atoms with van der Waals surface area (Å²) in [5.41, 5.74) is 2.41. The molecular formula is C23H29ClN2O3. The second-order valence-corrected chi connectivity index (χ2v) is 8.38. The van der Waals surface area contributed by atoms with Gasteiger partial charge in [0, 0.05) is 50.1 Å². The van der Waals surface area contributed by atoms with Crippen LogP contribution in [0.4, 0.5) is 5.69 Å². The van der Waals surface area contributed by atoms with Crippen LogP contribution < -0.4 is 14.4 Å². The molecule has 2 unspecified atom stereocenters. The number of fused-ring (bicyclic) bond motifs is 1. The van der Waals surface area contributed by atoms with Crippen LogP contribution in [0.1, 0.15) is 24.4 Å². The van der Waals surface area contributed by atoms with Crippen LogP contribution in [-0.4, -0.2) is 56.5 Å². The van der Waals surface area contributed by atoms with E-state index in [4.69, 9.17) is 21.1 Å². The summed E-state index contributed by atoms with van der Waals surface area (Å²) in [5.74, 6) is 1.90. The predicted octanol–water partition coefficient (Wildman–Crippen LogP) is 3.99. The standard InChI is InChI=1S/C23H29ClN2O3/c1-28-20-5-3-4-17(12-20)22-11-16(15-27)10-19-14-25(8-9-26(19)22)18-6-7-21(24)23(13-18)29-2/h3-7,12-13,16,19,22,27H,8-11,14-15H2,1-2H3/t16?,19-,22?/m1/s1. The van der Waals surface area contributed by atoms with Gasteiger partial charge in [-0.05, 0) is 48.6 Å². The molecule has 2 heterocycles. The zero-order valence-corrected chi connectivity index (χ0v) is 17.8. The monoisotopic (exact) mass is 416 g/mol. The molecule has 29 heavy (non-hydrogen) atoms. The highest BCUT2D eigenvalue weighted by atomic mass is 35.5. The number of ether oxygens (including phenoxy) is 2. The van der Waals surface area contributed by atoms with E-state index in [9.17, 15) is 5.11 Å². The van der Waals surface area contributed by atoms with E-state index >= 15 is 0 Å². The van der Waals surface area contributed by atoms with Gasteiger partial charge in [0.25, 0.3) is 0 Å². The van der Waals surface area contributed by atoms with Crippen molar-refractivity contribution in [2.45, 2.75) is 24.9 Å². The highest BCUT2D eigenvalue weighted by Crippen LogP contribution is 2.41. The zero-order chi connectivity index (χ0) is 20.4. The summed E-state index contributed by atoms with van der Waals surface area (Å²) in [7, 11) is 3.35. The summed E-state index contributed by atoms with van der Waals surface area (Å²) >= 11 is 6.21. The van der Waals surface area contributed by atoms with Gasteiger partial charge in [-0.3, -0.25) is 4.90 Å². The topological polar surface area (TPSA) is 45.2 Å². The number of nitrogens with zero attached hydrogens (tertiary/aromatic N) is 2. The van der Waals surface area contributed by atoms with E-state index < -0.39 is 0 Å². The Morgan fingerprint density at radius 1 is 1.07 bits per heavy atom. The normalized spacial score (nSPS) is 24.8. The fourth-order valence-corrected chi connectivity index (χ4v) is 5.02. The molecule has 2 aliphatic heterocycles. The SMILES string of the molecule is COc1cccc(C2CC(CO)C[C@@H]3CN(c4ccc(Cl)c(OC)c4)CCN23)c1. The number of methoxy groups -OCH3 is 2. The molecule has 2 aromatic rings. The predicted molar refractivity (Wildman–Crippen MR) is 116 cm³/mol. The first-order valence-electron chi connectivity index (χ1n) is 10.2. The number of piperazine rings is 1. The van der Waals surface area contributed by atoms with E-state index in [1.165, 1.54) is 5.56 Å². The van der Waals surface area contributed by atoms with E-state index in [0.29, 0.717) is 28.8 Å². The first kappa shape index (κ1) is 20.3. The lowest BCUT2D eigenvalue weighted by molar-refractivity contribution is 0.0233. The molecule has 156 valence electrons. The minimum atomic E-state index is 0.236. The number of piperidine rings is 1. The van der Waals surface area contributed by atoms with Crippen molar-refractivity contribution in [2.24, 2.45) is 5.92 Å². The molecule has 0 aliphatic carbocycles. The summed E-state index contributed by atoms with van der Waals surface area (Å²) in [6.07, 6.45) is 1.99. The third-order valence-electron chi connectivity index (χ3n) is 6.33. The van der Waals surface area contributed by atoms with Crippen molar-refractivity contribution < 1.29 is 14.6 Å². The Labute approximate surface area is 177 Å². The van der Waals surface area contributed by atoms with Gasteiger partial charge in [-0.15, -0.1) is 0 Å². The molecule has 0 radical (unpaired) electrons. The molecule has 6 heteroatoms. The minimum Gasteiger partial charge on any atom is -0.497 e. The maximum Gasteiger partial charge on any atom is 0.139 e. The fraction of sp³-hybridized carbons (Fsp3) is 0.478. The van der Waals surface area contributed by atoms with Crippen LogP contribution in [0.2, 0.25) is 5.02 Å². The van der Waals surface area contributed by atoms with Crippen molar-refractivity contribution in [1.82, 2.24) is 4.90 Å². The van der Waals surface area contributed by atoms with Crippen molar-refractivity contribution in [1.29, 1.82) is 0 Å². The van der Waals surface area contributed by atoms with Crippen molar-refractivity contribution >= 4 is 17.3 Å². The number of hydrogen-bond acceptors (Lipinski definition) is 5. The van der Waals surface area contributed by atoms with Crippen molar-refractivity contribution in [3.8, 4) is 11.5 Å². The molecule has 4 rings (SSSR count). The Balaban J connectivity index is 1.57. The number of halogens is 1. The first-order valence-corrected chi connectivity index (χ1v) is 10.6. The average Bonchev–Trinajstić information content (AvgIpc) is 2.78. The fourth-order valence-electron chi connectivity index (χ4n) is 4.83. The number of hydrogen-bond donors (Lipinski definition) is 1. The van der Waals surface area contributed by atoms with Gasteiger partial charge in [0.05, 0.1) is 19.2 Å². The van der Waals surface area contributed by atoms with Crippen LogP contribution in [0.3, 0.4) is 0 Å². The lowest BCUT2D eigenvalue weighted by atomic mass is 9.82.